The second-order valence-electron chi connectivity index (χ2n) is 4.90. The lowest BCUT2D eigenvalue weighted by Crippen LogP contribution is -2.42. The van der Waals surface area contributed by atoms with Gasteiger partial charge < -0.3 is 10.6 Å². The summed E-state index contributed by atoms with van der Waals surface area (Å²) in [5.41, 5.74) is 0. The molecule has 0 saturated heterocycles. The maximum absolute atomic E-state index is 4.56. The van der Waals surface area contributed by atoms with Crippen molar-refractivity contribution in [2.45, 2.75) is 52.5 Å². The van der Waals surface area contributed by atoms with Crippen LogP contribution in [0, 0.1) is 0 Å². The lowest BCUT2D eigenvalue weighted by Gasteiger charge is -2.20. The fourth-order valence-electron chi connectivity index (χ4n) is 2.05. The molecule has 0 heterocycles. The summed E-state index contributed by atoms with van der Waals surface area (Å²) in [6, 6.07) is 0.858. The number of aliphatic imine (C=N–C) groups is 1. The van der Waals surface area contributed by atoms with Crippen LogP contribution >= 0.6 is 24.0 Å². The first-order valence-electron chi connectivity index (χ1n) is 7.58. The van der Waals surface area contributed by atoms with E-state index in [0.717, 1.165) is 44.7 Å². The van der Waals surface area contributed by atoms with Crippen LogP contribution in [0.25, 0.3) is 0 Å². The second kappa shape index (κ2) is 11.8. The summed E-state index contributed by atoms with van der Waals surface area (Å²) in [4.78, 5) is 7.12. The van der Waals surface area contributed by atoms with Gasteiger partial charge in [-0.05, 0) is 32.7 Å². The molecule has 5 heteroatoms. The predicted molar refractivity (Wildman–Crippen MR) is 94.6 cm³/mol. The van der Waals surface area contributed by atoms with E-state index in [-0.39, 0.29) is 24.0 Å². The highest BCUT2D eigenvalue weighted by molar-refractivity contribution is 14.0. The van der Waals surface area contributed by atoms with E-state index >= 15 is 0 Å². The Hall–Kier alpha value is -0.0400. The van der Waals surface area contributed by atoms with Gasteiger partial charge in [0.2, 0.25) is 0 Å². The van der Waals surface area contributed by atoms with Gasteiger partial charge in [-0.3, -0.25) is 9.89 Å². The highest BCUT2D eigenvalue weighted by Crippen LogP contribution is 2.25. The summed E-state index contributed by atoms with van der Waals surface area (Å²) < 4.78 is 0. The average molecular weight is 382 g/mol. The Morgan fingerprint density at radius 3 is 2.47 bits per heavy atom. The molecular weight excluding hydrogens is 351 g/mol. The Morgan fingerprint density at radius 2 is 1.95 bits per heavy atom. The largest absolute Gasteiger partial charge is 0.357 e. The third-order valence-electron chi connectivity index (χ3n) is 3.29. The first-order valence-corrected chi connectivity index (χ1v) is 7.58. The fourth-order valence-corrected chi connectivity index (χ4v) is 2.05. The average Bonchev–Trinajstić information content (AvgIpc) is 3.19. The quantitative estimate of drug-likeness (QED) is 0.279. The van der Waals surface area contributed by atoms with Crippen LogP contribution in [0.5, 0.6) is 0 Å². The van der Waals surface area contributed by atoms with Crippen molar-refractivity contribution >= 4 is 29.9 Å². The first-order chi connectivity index (χ1) is 8.81. The first kappa shape index (κ1) is 19.0. The molecule has 0 atom stereocenters. The zero-order valence-corrected chi connectivity index (χ0v) is 15.1. The highest BCUT2D eigenvalue weighted by atomic mass is 127. The van der Waals surface area contributed by atoms with Crippen molar-refractivity contribution in [2.75, 3.05) is 32.7 Å². The van der Waals surface area contributed by atoms with Crippen LogP contribution < -0.4 is 10.6 Å². The molecule has 1 aliphatic carbocycles. The maximum atomic E-state index is 4.56. The second-order valence-corrected chi connectivity index (χ2v) is 4.90. The van der Waals surface area contributed by atoms with Gasteiger partial charge in [-0.25, -0.2) is 0 Å². The van der Waals surface area contributed by atoms with E-state index in [0.29, 0.717) is 0 Å². The topological polar surface area (TPSA) is 39.7 Å². The minimum absolute atomic E-state index is 0. The number of hydrogen-bond donors (Lipinski definition) is 2. The molecule has 0 radical (unpaired) electrons. The summed E-state index contributed by atoms with van der Waals surface area (Å²) >= 11 is 0. The zero-order valence-electron chi connectivity index (χ0n) is 12.7. The molecule has 4 nitrogen and oxygen atoms in total. The van der Waals surface area contributed by atoms with Crippen molar-refractivity contribution in [1.82, 2.24) is 15.5 Å². The van der Waals surface area contributed by atoms with E-state index in [2.05, 4.69) is 41.3 Å². The summed E-state index contributed by atoms with van der Waals surface area (Å²) in [6.07, 6.45) is 5.14. The number of rotatable bonds is 9. The molecule has 0 aromatic rings. The fraction of sp³-hybridized carbons (Fsp3) is 0.929. The van der Waals surface area contributed by atoms with Gasteiger partial charge >= 0.3 is 0 Å². The van der Waals surface area contributed by atoms with Gasteiger partial charge in [0, 0.05) is 32.2 Å². The van der Waals surface area contributed by atoms with Gasteiger partial charge in [-0.2, -0.15) is 0 Å². The van der Waals surface area contributed by atoms with Crippen molar-refractivity contribution < 1.29 is 0 Å². The Bertz CT molecular complexity index is 242. The van der Waals surface area contributed by atoms with Crippen LogP contribution in [0.2, 0.25) is 0 Å². The minimum atomic E-state index is 0. The molecule has 19 heavy (non-hydrogen) atoms. The number of halogens is 1. The van der Waals surface area contributed by atoms with Crippen molar-refractivity contribution in [3.63, 3.8) is 0 Å². The third kappa shape index (κ3) is 8.68. The number of likely N-dealkylation sites (N-methyl/N-ethyl adjacent to an activating group) is 1. The molecule has 1 rings (SSSR count). The van der Waals surface area contributed by atoms with Crippen molar-refractivity contribution in [1.29, 1.82) is 0 Å². The predicted octanol–water partition coefficient (Wildman–Crippen LogP) is 2.44. The van der Waals surface area contributed by atoms with Crippen molar-refractivity contribution in [3.8, 4) is 0 Å². The molecule has 1 fully saturated rings. The smallest absolute Gasteiger partial charge is 0.191 e. The molecule has 2 N–H and O–H groups in total. The summed E-state index contributed by atoms with van der Waals surface area (Å²) in [6.45, 7) is 11.7. The third-order valence-corrected chi connectivity index (χ3v) is 3.29. The molecule has 0 spiro atoms. The van der Waals surface area contributed by atoms with Crippen LogP contribution in [0.3, 0.4) is 0 Å². The van der Waals surface area contributed by atoms with E-state index in [9.17, 15) is 0 Å². The monoisotopic (exact) mass is 382 g/mol. The number of hydrogen-bond acceptors (Lipinski definition) is 2. The Kier molecular flexibility index (Phi) is 11.7. The van der Waals surface area contributed by atoms with Gasteiger partial charge in [0.1, 0.15) is 0 Å². The minimum Gasteiger partial charge on any atom is -0.357 e. The van der Waals surface area contributed by atoms with E-state index in [1.165, 1.54) is 25.7 Å². The highest BCUT2D eigenvalue weighted by Gasteiger charge is 2.27. The molecule has 0 aliphatic heterocycles. The SMILES string of the molecule is CCCCN=C(NCC)NCCN(CC)C1CC1.I. The molecule has 1 saturated carbocycles. The van der Waals surface area contributed by atoms with E-state index in [4.69, 9.17) is 0 Å². The Balaban J connectivity index is 0.00000324. The summed E-state index contributed by atoms with van der Waals surface area (Å²) in [5.74, 6) is 0.970. The summed E-state index contributed by atoms with van der Waals surface area (Å²) in [7, 11) is 0. The van der Waals surface area contributed by atoms with Crippen LogP contribution in [-0.4, -0.2) is 49.6 Å². The van der Waals surface area contributed by atoms with Crippen LogP contribution in [-0.2, 0) is 0 Å². The van der Waals surface area contributed by atoms with Gasteiger partial charge in [0.05, 0.1) is 0 Å². The lowest BCUT2D eigenvalue weighted by atomic mass is 10.3. The van der Waals surface area contributed by atoms with E-state index in [1.807, 2.05) is 0 Å². The van der Waals surface area contributed by atoms with Crippen molar-refractivity contribution in [2.24, 2.45) is 4.99 Å². The number of guanidine groups is 1. The van der Waals surface area contributed by atoms with Crippen LogP contribution in [0.15, 0.2) is 4.99 Å². The molecule has 114 valence electrons. The molecular formula is C14H31IN4. The molecule has 0 aromatic carbocycles. The standard InChI is InChI=1S/C14H30N4.HI/c1-4-7-10-16-14(15-5-2)17-11-12-18(6-3)13-8-9-13;/h13H,4-12H2,1-3H3,(H2,15,16,17);1H. The Labute approximate surface area is 135 Å². The lowest BCUT2D eigenvalue weighted by molar-refractivity contribution is 0.282. The van der Waals surface area contributed by atoms with Crippen molar-refractivity contribution in [3.05, 3.63) is 0 Å². The van der Waals surface area contributed by atoms with Gasteiger partial charge in [0.25, 0.3) is 0 Å². The zero-order chi connectivity index (χ0) is 13.2. The molecule has 0 amide bonds. The van der Waals surface area contributed by atoms with Crippen LogP contribution in [0.4, 0.5) is 0 Å². The van der Waals surface area contributed by atoms with Crippen LogP contribution in [0.1, 0.15) is 46.5 Å². The van der Waals surface area contributed by atoms with E-state index < -0.39 is 0 Å². The van der Waals surface area contributed by atoms with Gasteiger partial charge in [0.15, 0.2) is 5.96 Å². The van der Waals surface area contributed by atoms with Gasteiger partial charge in [-0.1, -0.05) is 20.3 Å². The number of nitrogens with zero attached hydrogens (tertiary/aromatic N) is 2. The maximum Gasteiger partial charge on any atom is 0.191 e. The molecule has 0 bridgehead atoms. The Morgan fingerprint density at radius 1 is 1.21 bits per heavy atom. The molecule has 1 aliphatic rings. The number of unbranched alkanes of at least 4 members (excludes halogenated alkanes) is 1. The number of nitrogens with one attached hydrogen (secondary N) is 2. The molecule has 0 aromatic heterocycles. The normalized spacial score (nSPS) is 15.3. The summed E-state index contributed by atoms with van der Waals surface area (Å²) in [5, 5.41) is 6.72. The van der Waals surface area contributed by atoms with Gasteiger partial charge in [-0.15, -0.1) is 24.0 Å². The van der Waals surface area contributed by atoms with E-state index in [1.54, 1.807) is 0 Å². The molecule has 0 unspecified atom stereocenters.